The highest BCUT2D eigenvalue weighted by Gasteiger charge is 2.20. The van der Waals surface area contributed by atoms with Gasteiger partial charge >= 0.3 is 0 Å². The number of fused-ring (bicyclic) bond motifs is 1. The topological polar surface area (TPSA) is 38.1 Å². The summed E-state index contributed by atoms with van der Waals surface area (Å²) >= 11 is 6.05. The molecule has 0 aliphatic carbocycles. The van der Waals surface area contributed by atoms with Crippen molar-refractivity contribution in [2.75, 3.05) is 13.7 Å². The molecule has 0 radical (unpaired) electrons. The highest BCUT2D eigenvalue weighted by atomic mass is 35.5. The van der Waals surface area contributed by atoms with Gasteiger partial charge in [-0.2, -0.15) is 0 Å². The third-order valence-electron chi connectivity index (χ3n) is 3.28. The number of pyridine rings is 1. The average molecular weight is 296 g/mol. The van der Waals surface area contributed by atoms with Crippen LogP contribution in [0.1, 0.15) is 16.9 Å². The van der Waals surface area contributed by atoms with Gasteiger partial charge in [-0.3, -0.25) is 9.18 Å². The number of rotatable bonds is 4. The van der Waals surface area contributed by atoms with Crippen LogP contribution in [0.5, 0.6) is 0 Å². The van der Waals surface area contributed by atoms with Crippen LogP contribution < -0.4 is 0 Å². The lowest BCUT2D eigenvalue weighted by Crippen LogP contribution is -2.27. The van der Waals surface area contributed by atoms with Gasteiger partial charge < -0.3 is 9.47 Å². The normalized spacial score (nSPS) is 10.8. The maximum absolute atomic E-state index is 12.4. The average Bonchev–Trinajstić information content (AvgIpc) is 2.76. The molecule has 0 spiro atoms. The van der Waals surface area contributed by atoms with Crippen LogP contribution in [0.2, 0.25) is 5.15 Å². The Morgan fingerprint density at radius 3 is 2.90 bits per heavy atom. The molecule has 0 N–H and O–H groups in total. The number of aryl methyl sites for hydroxylation is 1. The zero-order chi connectivity index (χ0) is 14.9. The third-order valence-corrected chi connectivity index (χ3v) is 3.56. The van der Waals surface area contributed by atoms with Crippen LogP contribution in [0.15, 0.2) is 30.6 Å². The van der Waals surface area contributed by atoms with Crippen LogP contribution in [-0.2, 0) is 7.05 Å². The van der Waals surface area contributed by atoms with Gasteiger partial charge in [-0.1, -0.05) is 18.2 Å². The van der Waals surface area contributed by atoms with E-state index in [1.54, 1.807) is 37.0 Å². The summed E-state index contributed by atoms with van der Waals surface area (Å²) in [7, 11) is 3.33. The van der Waals surface area contributed by atoms with E-state index in [0.717, 1.165) is 5.39 Å². The minimum absolute atomic E-state index is 0.133. The Bertz CT molecular complexity index is 680. The standard InChI is InChI=1S/C14H15ClFN3O/c1-9(4-6-16)18(2)14(20)11-8-10-5-7-17-13(15)12(10)19(11)3/h5,7-8H,1,4,6H2,2-3H3. The van der Waals surface area contributed by atoms with Gasteiger partial charge in [0.15, 0.2) is 5.15 Å². The number of carbonyl (C=O) groups excluding carboxylic acids is 1. The van der Waals surface area contributed by atoms with Crippen molar-refractivity contribution in [2.24, 2.45) is 7.05 Å². The molecular weight excluding hydrogens is 281 g/mol. The van der Waals surface area contributed by atoms with Gasteiger partial charge in [-0.05, 0) is 12.1 Å². The summed E-state index contributed by atoms with van der Waals surface area (Å²) in [6.45, 7) is 3.17. The summed E-state index contributed by atoms with van der Waals surface area (Å²) < 4.78 is 14.0. The van der Waals surface area contributed by atoms with Gasteiger partial charge in [0.1, 0.15) is 5.69 Å². The van der Waals surface area contributed by atoms with E-state index >= 15 is 0 Å². The van der Waals surface area contributed by atoms with Crippen LogP contribution in [-0.4, -0.2) is 34.1 Å². The molecule has 0 aromatic carbocycles. The van der Waals surface area contributed by atoms with Crippen LogP contribution in [0.3, 0.4) is 0 Å². The largest absolute Gasteiger partial charge is 0.337 e. The molecule has 4 nitrogen and oxygen atoms in total. The zero-order valence-corrected chi connectivity index (χ0v) is 12.1. The van der Waals surface area contributed by atoms with Gasteiger partial charge in [0.2, 0.25) is 0 Å². The highest BCUT2D eigenvalue weighted by Crippen LogP contribution is 2.25. The Kier molecular flexibility index (Phi) is 4.09. The zero-order valence-electron chi connectivity index (χ0n) is 11.4. The first-order chi connectivity index (χ1) is 9.47. The Morgan fingerprint density at radius 2 is 2.30 bits per heavy atom. The van der Waals surface area contributed by atoms with E-state index < -0.39 is 6.67 Å². The summed E-state index contributed by atoms with van der Waals surface area (Å²) in [4.78, 5) is 17.8. The van der Waals surface area contributed by atoms with E-state index in [9.17, 15) is 9.18 Å². The third kappa shape index (κ3) is 2.41. The summed E-state index contributed by atoms with van der Waals surface area (Å²) in [6, 6.07) is 3.53. The van der Waals surface area contributed by atoms with E-state index in [0.29, 0.717) is 22.1 Å². The van der Waals surface area contributed by atoms with Gasteiger partial charge in [-0.15, -0.1) is 0 Å². The number of allylic oxidation sites excluding steroid dienone is 1. The van der Waals surface area contributed by atoms with E-state index in [1.807, 2.05) is 0 Å². The van der Waals surface area contributed by atoms with Crippen LogP contribution in [0.4, 0.5) is 4.39 Å². The molecule has 2 rings (SSSR count). The Balaban J connectivity index is 2.43. The Labute approximate surface area is 121 Å². The molecule has 0 atom stereocenters. The number of alkyl halides is 1. The fourth-order valence-electron chi connectivity index (χ4n) is 2.05. The molecule has 0 saturated carbocycles. The van der Waals surface area contributed by atoms with Gasteiger partial charge in [-0.25, -0.2) is 4.98 Å². The van der Waals surface area contributed by atoms with Crippen molar-refractivity contribution in [2.45, 2.75) is 6.42 Å². The Morgan fingerprint density at radius 1 is 1.60 bits per heavy atom. The molecule has 0 fully saturated rings. The lowest BCUT2D eigenvalue weighted by atomic mass is 10.2. The van der Waals surface area contributed by atoms with Crippen molar-refractivity contribution in [3.05, 3.63) is 41.5 Å². The molecule has 0 aliphatic rings. The lowest BCUT2D eigenvalue weighted by molar-refractivity contribution is 0.0823. The highest BCUT2D eigenvalue weighted by molar-refractivity contribution is 6.34. The molecule has 2 heterocycles. The SMILES string of the molecule is C=C(CCF)N(C)C(=O)c1cc2ccnc(Cl)c2n1C. The summed E-state index contributed by atoms with van der Waals surface area (Å²) in [5.41, 5.74) is 1.59. The summed E-state index contributed by atoms with van der Waals surface area (Å²) in [6.07, 6.45) is 1.72. The molecule has 0 saturated heterocycles. The summed E-state index contributed by atoms with van der Waals surface area (Å²) in [5, 5.41) is 1.18. The van der Waals surface area contributed by atoms with Crippen molar-refractivity contribution in [1.29, 1.82) is 0 Å². The molecule has 106 valence electrons. The molecule has 0 bridgehead atoms. The number of hydrogen-bond donors (Lipinski definition) is 0. The first-order valence-corrected chi connectivity index (χ1v) is 6.47. The van der Waals surface area contributed by atoms with E-state index in [2.05, 4.69) is 11.6 Å². The Hall–Kier alpha value is -1.88. The first kappa shape index (κ1) is 14.5. The number of halogens is 2. The second kappa shape index (κ2) is 5.63. The van der Waals surface area contributed by atoms with Gasteiger partial charge in [0.05, 0.1) is 12.2 Å². The fourth-order valence-corrected chi connectivity index (χ4v) is 2.34. The van der Waals surface area contributed by atoms with Crippen molar-refractivity contribution >= 4 is 28.4 Å². The van der Waals surface area contributed by atoms with E-state index in [-0.39, 0.29) is 12.3 Å². The number of nitrogens with zero attached hydrogens (tertiary/aromatic N) is 3. The molecule has 0 unspecified atom stereocenters. The molecule has 20 heavy (non-hydrogen) atoms. The predicted octanol–water partition coefficient (Wildman–Crippen LogP) is 3.17. The minimum Gasteiger partial charge on any atom is -0.337 e. The molecular formula is C14H15ClFN3O. The smallest absolute Gasteiger partial charge is 0.274 e. The lowest BCUT2D eigenvalue weighted by Gasteiger charge is -2.19. The maximum atomic E-state index is 12.4. The second-order valence-corrected chi connectivity index (χ2v) is 4.86. The van der Waals surface area contributed by atoms with Crippen molar-refractivity contribution in [1.82, 2.24) is 14.5 Å². The van der Waals surface area contributed by atoms with Crippen LogP contribution >= 0.6 is 11.6 Å². The second-order valence-electron chi connectivity index (χ2n) is 4.50. The monoisotopic (exact) mass is 295 g/mol. The first-order valence-electron chi connectivity index (χ1n) is 6.09. The van der Waals surface area contributed by atoms with Crippen molar-refractivity contribution < 1.29 is 9.18 Å². The van der Waals surface area contributed by atoms with Crippen molar-refractivity contribution in [3.63, 3.8) is 0 Å². The number of amides is 1. The molecule has 2 aromatic rings. The van der Waals surface area contributed by atoms with Gasteiger partial charge in [0.25, 0.3) is 5.91 Å². The quantitative estimate of drug-likeness (QED) is 0.813. The minimum atomic E-state index is -0.540. The number of carbonyl (C=O) groups is 1. The molecule has 6 heteroatoms. The fraction of sp³-hybridized carbons (Fsp3) is 0.286. The number of aromatic nitrogens is 2. The van der Waals surface area contributed by atoms with Crippen LogP contribution in [0.25, 0.3) is 10.9 Å². The van der Waals surface area contributed by atoms with Crippen LogP contribution in [0, 0.1) is 0 Å². The molecule has 2 aromatic heterocycles. The molecule has 0 aliphatic heterocycles. The molecule has 1 amide bonds. The summed E-state index contributed by atoms with van der Waals surface area (Å²) in [5.74, 6) is -0.252. The number of hydrogen-bond acceptors (Lipinski definition) is 2. The van der Waals surface area contributed by atoms with Crippen molar-refractivity contribution in [3.8, 4) is 0 Å². The van der Waals surface area contributed by atoms with Gasteiger partial charge in [0, 0.05) is 37.8 Å². The maximum Gasteiger partial charge on any atom is 0.274 e. The van der Waals surface area contributed by atoms with E-state index in [4.69, 9.17) is 11.6 Å². The van der Waals surface area contributed by atoms with E-state index in [1.165, 1.54) is 4.90 Å². The predicted molar refractivity (Wildman–Crippen MR) is 77.5 cm³/mol.